The molecule has 0 rings (SSSR count). The standard InChI is InChI=1S/C42H76O6/c1-3-5-7-9-11-12-13-14-15-16-17-18-19-20-21-23-27-31-35-41(45)47-37-40(44)38-48-42(46)36-32-28-24-26-30-34-39(43)33-29-25-22-10-8-6-4-2/h22,25,29,33,40,44H,3-21,23-24,26-28,30-32,34-38H2,1-2H3/b25-22-,33-29+/t40-/m1/s1. The first-order chi connectivity index (χ1) is 23.5. The predicted molar refractivity (Wildman–Crippen MR) is 201 cm³/mol. The second kappa shape index (κ2) is 37.9. The fourth-order valence-corrected chi connectivity index (χ4v) is 5.77. The summed E-state index contributed by atoms with van der Waals surface area (Å²) in [5, 5.41) is 10.0. The van der Waals surface area contributed by atoms with Gasteiger partial charge in [-0.25, -0.2) is 0 Å². The van der Waals surface area contributed by atoms with Gasteiger partial charge in [0, 0.05) is 19.3 Å². The summed E-state index contributed by atoms with van der Waals surface area (Å²) in [5.74, 6) is -0.488. The number of unbranched alkanes of at least 4 members (excludes halogenated alkanes) is 24. The first-order valence-electron chi connectivity index (χ1n) is 20.3. The number of hydrogen-bond donors (Lipinski definition) is 1. The quantitative estimate of drug-likeness (QED) is 0.0305. The molecule has 1 N–H and O–H groups in total. The van der Waals surface area contributed by atoms with E-state index in [-0.39, 0.29) is 30.9 Å². The highest BCUT2D eigenvalue weighted by Crippen LogP contribution is 2.15. The number of allylic oxidation sites excluding steroid dienone is 4. The summed E-state index contributed by atoms with van der Waals surface area (Å²) in [6.07, 6.45) is 40.5. The molecule has 0 heterocycles. The maximum absolute atomic E-state index is 12.0. The number of ketones is 1. The topological polar surface area (TPSA) is 89.9 Å². The molecular weight excluding hydrogens is 600 g/mol. The monoisotopic (exact) mass is 677 g/mol. The van der Waals surface area contributed by atoms with Crippen molar-refractivity contribution in [2.24, 2.45) is 0 Å². The van der Waals surface area contributed by atoms with Crippen LogP contribution in [0.15, 0.2) is 24.3 Å². The molecule has 0 fully saturated rings. The molecule has 6 nitrogen and oxygen atoms in total. The molecule has 0 aliphatic carbocycles. The molecule has 6 heteroatoms. The van der Waals surface area contributed by atoms with E-state index in [1.165, 1.54) is 116 Å². The van der Waals surface area contributed by atoms with Crippen molar-refractivity contribution in [1.29, 1.82) is 0 Å². The van der Waals surface area contributed by atoms with Crippen LogP contribution < -0.4 is 0 Å². The molecule has 48 heavy (non-hydrogen) atoms. The first-order valence-corrected chi connectivity index (χ1v) is 20.3. The largest absolute Gasteiger partial charge is 0.463 e. The van der Waals surface area contributed by atoms with E-state index in [9.17, 15) is 19.5 Å². The highest BCUT2D eigenvalue weighted by molar-refractivity contribution is 5.89. The molecule has 0 amide bonds. The lowest BCUT2D eigenvalue weighted by molar-refractivity contribution is -0.152. The van der Waals surface area contributed by atoms with Crippen molar-refractivity contribution in [3.63, 3.8) is 0 Å². The van der Waals surface area contributed by atoms with Gasteiger partial charge in [0.05, 0.1) is 0 Å². The van der Waals surface area contributed by atoms with Gasteiger partial charge in [-0.15, -0.1) is 0 Å². The van der Waals surface area contributed by atoms with Crippen LogP contribution in [0.3, 0.4) is 0 Å². The summed E-state index contributed by atoms with van der Waals surface area (Å²) in [7, 11) is 0. The van der Waals surface area contributed by atoms with Gasteiger partial charge in [-0.1, -0.05) is 173 Å². The third kappa shape index (κ3) is 36.9. The van der Waals surface area contributed by atoms with Crippen LogP contribution in [-0.4, -0.2) is 42.1 Å². The number of ether oxygens (including phenoxy) is 2. The van der Waals surface area contributed by atoms with E-state index in [0.717, 1.165) is 57.8 Å². The highest BCUT2D eigenvalue weighted by Gasteiger charge is 2.12. The Morgan fingerprint density at radius 3 is 1.25 bits per heavy atom. The number of rotatable bonds is 37. The molecule has 0 saturated heterocycles. The lowest BCUT2D eigenvalue weighted by atomic mass is 10.0. The zero-order chi connectivity index (χ0) is 35.2. The lowest BCUT2D eigenvalue weighted by Gasteiger charge is -2.12. The molecule has 0 spiro atoms. The van der Waals surface area contributed by atoms with Crippen molar-refractivity contribution in [2.75, 3.05) is 13.2 Å². The van der Waals surface area contributed by atoms with Gasteiger partial charge >= 0.3 is 11.9 Å². The fourth-order valence-electron chi connectivity index (χ4n) is 5.77. The smallest absolute Gasteiger partial charge is 0.305 e. The normalized spacial score (nSPS) is 12.2. The van der Waals surface area contributed by atoms with Crippen molar-refractivity contribution < 1.29 is 29.0 Å². The molecule has 0 radical (unpaired) electrons. The Kier molecular flexibility index (Phi) is 36.3. The van der Waals surface area contributed by atoms with E-state index in [4.69, 9.17) is 9.47 Å². The minimum Gasteiger partial charge on any atom is -0.463 e. The molecule has 0 aliphatic heterocycles. The van der Waals surface area contributed by atoms with Crippen LogP contribution in [0.4, 0.5) is 0 Å². The van der Waals surface area contributed by atoms with Gasteiger partial charge < -0.3 is 14.6 Å². The van der Waals surface area contributed by atoms with E-state index in [1.54, 1.807) is 6.08 Å². The summed E-state index contributed by atoms with van der Waals surface area (Å²) in [5.41, 5.74) is 0. The average Bonchev–Trinajstić information content (AvgIpc) is 3.08. The highest BCUT2D eigenvalue weighted by atomic mass is 16.6. The molecule has 280 valence electrons. The number of esters is 2. The van der Waals surface area contributed by atoms with Crippen molar-refractivity contribution in [3.8, 4) is 0 Å². The van der Waals surface area contributed by atoms with Gasteiger partial charge in [-0.2, -0.15) is 0 Å². The van der Waals surface area contributed by atoms with Crippen LogP contribution >= 0.6 is 0 Å². The number of aliphatic hydroxyl groups is 1. The number of hydrogen-bond acceptors (Lipinski definition) is 6. The maximum Gasteiger partial charge on any atom is 0.305 e. The van der Waals surface area contributed by atoms with Crippen LogP contribution in [-0.2, 0) is 23.9 Å². The van der Waals surface area contributed by atoms with Crippen LogP contribution in [0.2, 0.25) is 0 Å². The summed E-state index contributed by atoms with van der Waals surface area (Å²) >= 11 is 0. The van der Waals surface area contributed by atoms with Gasteiger partial charge in [-0.05, 0) is 38.2 Å². The third-order valence-electron chi connectivity index (χ3n) is 8.92. The van der Waals surface area contributed by atoms with Crippen molar-refractivity contribution in [2.45, 2.75) is 213 Å². The molecular formula is C42H76O6. The predicted octanol–water partition coefficient (Wildman–Crippen LogP) is 11.9. The average molecular weight is 677 g/mol. The summed E-state index contributed by atoms with van der Waals surface area (Å²) < 4.78 is 10.3. The first kappa shape index (κ1) is 46.0. The maximum atomic E-state index is 12.0. The molecule has 0 aromatic heterocycles. The molecule has 1 atom stereocenters. The third-order valence-corrected chi connectivity index (χ3v) is 8.92. The van der Waals surface area contributed by atoms with Crippen LogP contribution in [0.5, 0.6) is 0 Å². The number of carbonyl (C=O) groups is 3. The second-order valence-corrected chi connectivity index (χ2v) is 13.8. The van der Waals surface area contributed by atoms with E-state index in [1.807, 2.05) is 12.2 Å². The fraction of sp³-hybridized carbons (Fsp3) is 0.833. The Balaban J connectivity index is 3.48. The molecule has 0 saturated carbocycles. The van der Waals surface area contributed by atoms with Gasteiger partial charge in [-0.3, -0.25) is 14.4 Å². The summed E-state index contributed by atoms with van der Waals surface area (Å²) in [6.45, 7) is 4.16. The van der Waals surface area contributed by atoms with Gasteiger partial charge in [0.15, 0.2) is 5.78 Å². The van der Waals surface area contributed by atoms with E-state index < -0.39 is 6.10 Å². The number of carbonyl (C=O) groups excluding carboxylic acids is 3. The van der Waals surface area contributed by atoms with E-state index in [0.29, 0.717) is 19.3 Å². The van der Waals surface area contributed by atoms with Crippen LogP contribution in [0.1, 0.15) is 206 Å². The van der Waals surface area contributed by atoms with Crippen molar-refractivity contribution in [1.82, 2.24) is 0 Å². The minimum absolute atomic E-state index is 0.145. The van der Waals surface area contributed by atoms with Gasteiger partial charge in [0.25, 0.3) is 0 Å². The Hall–Kier alpha value is -1.95. The molecule has 0 unspecified atom stereocenters. The van der Waals surface area contributed by atoms with Crippen molar-refractivity contribution in [3.05, 3.63) is 24.3 Å². The molecule has 0 aliphatic rings. The Morgan fingerprint density at radius 2 is 0.833 bits per heavy atom. The molecule has 0 aromatic carbocycles. The molecule has 0 aromatic rings. The minimum atomic E-state index is -0.999. The lowest BCUT2D eigenvalue weighted by Crippen LogP contribution is -2.25. The zero-order valence-corrected chi connectivity index (χ0v) is 31.5. The Bertz CT molecular complexity index is 789. The van der Waals surface area contributed by atoms with Gasteiger partial charge in [0.1, 0.15) is 19.3 Å². The van der Waals surface area contributed by atoms with Crippen molar-refractivity contribution >= 4 is 17.7 Å². The summed E-state index contributed by atoms with van der Waals surface area (Å²) in [4.78, 5) is 35.8. The van der Waals surface area contributed by atoms with Gasteiger partial charge in [0.2, 0.25) is 0 Å². The Labute approximate surface area is 296 Å². The SMILES string of the molecule is CCCCC/C=C\C=C\C(=O)CCCCCCCC(=O)OC[C@H](O)COC(=O)CCCCCCCCCCCCCCCCCCCC. The van der Waals surface area contributed by atoms with E-state index >= 15 is 0 Å². The zero-order valence-electron chi connectivity index (χ0n) is 31.5. The van der Waals surface area contributed by atoms with Crippen LogP contribution in [0, 0.1) is 0 Å². The summed E-state index contributed by atoms with van der Waals surface area (Å²) in [6, 6.07) is 0. The number of aliphatic hydroxyl groups excluding tert-OH is 1. The molecule has 0 bridgehead atoms. The second-order valence-electron chi connectivity index (χ2n) is 13.8. The van der Waals surface area contributed by atoms with E-state index in [2.05, 4.69) is 19.9 Å². The Morgan fingerprint density at radius 1 is 0.479 bits per heavy atom. The van der Waals surface area contributed by atoms with Crippen LogP contribution in [0.25, 0.3) is 0 Å².